The molecular formula is C12H17NO2. The van der Waals surface area contributed by atoms with Gasteiger partial charge >= 0.3 is 0 Å². The van der Waals surface area contributed by atoms with E-state index in [1.165, 1.54) is 5.69 Å². The number of para-hydroxylation sites is 1. The lowest BCUT2D eigenvalue weighted by molar-refractivity contribution is 0.0850. The normalized spacial score (nSPS) is 21.7. The van der Waals surface area contributed by atoms with E-state index in [0.717, 1.165) is 26.2 Å². The summed E-state index contributed by atoms with van der Waals surface area (Å²) in [5.41, 5.74) is 1.22. The number of ether oxygens (including phenoxy) is 1. The number of rotatable bonds is 3. The first kappa shape index (κ1) is 10.5. The number of hydrogen-bond donors (Lipinski definition) is 1. The zero-order chi connectivity index (χ0) is 10.5. The summed E-state index contributed by atoms with van der Waals surface area (Å²) >= 11 is 0. The minimum absolute atomic E-state index is 0.220. The third kappa shape index (κ3) is 2.49. The van der Waals surface area contributed by atoms with E-state index < -0.39 is 0 Å². The van der Waals surface area contributed by atoms with Crippen molar-refractivity contribution in [2.45, 2.75) is 12.5 Å². The second-order valence-electron chi connectivity index (χ2n) is 3.77. The smallest absolute Gasteiger partial charge is 0.0671 e. The van der Waals surface area contributed by atoms with Gasteiger partial charge in [-0.05, 0) is 18.6 Å². The molecule has 1 aromatic rings. The Balaban J connectivity index is 2.11. The largest absolute Gasteiger partial charge is 0.396 e. The fourth-order valence-electron chi connectivity index (χ4n) is 2.00. The standard InChI is InChI=1S/C12H17NO2/c14-8-6-12-10-15-9-7-13(12)11-4-2-1-3-5-11/h1-5,12,14H,6-10H2. The summed E-state index contributed by atoms with van der Waals surface area (Å²) in [6.45, 7) is 2.62. The minimum atomic E-state index is 0.220. The zero-order valence-corrected chi connectivity index (χ0v) is 8.80. The predicted molar refractivity (Wildman–Crippen MR) is 60.1 cm³/mol. The summed E-state index contributed by atoms with van der Waals surface area (Å²) in [5, 5.41) is 9.00. The molecule has 3 nitrogen and oxygen atoms in total. The number of aliphatic hydroxyl groups excluding tert-OH is 1. The summed E-state index contributed by atoms with van der Waals surface area (Å²) in [6, 6.07) is 10.6. The molecule has 1 saturated heterocycles. The summed E-state index contributed by atoms with van der Waals surface area (Å²) in [5.74, 6) is 0. The van der Waals surface area contributed by atoms with Gasteiger partial charge in [0.25, 0.3) is 0 Å². The summed E-state index contributed by atoms with van der Waals surface area (Å²) in [4.78, 5) is 2.32. The topological polar surface area (TPSA) is 32.7 Å². The van der Waals surface area contributed by atoms with Crippen molar-refractivity contribution in [2.24, 2.45) is 0 Å². The van der Waals surface area contributed by atoms with Crippen molar-refractivity contribution >= 4 is 5.69 Å². The fourth-order valence-corrected chi connectivity index (χ4v) is 2.00. The Labute approximate surface area is 90.3 Å². The van der Waals surface area contributed by atoms with Gasteiger partial charge in [0, 0.05) is 18.8 Å². The van der Waals surface area contributed by atoms with E-state index in [2.05, 4.69) is 17.0 Å². The van der Waals surface area contributed by atoms with Crippen LogP contribution in [-0.2, 0) is 4.74 Å². The van der Waals surface area contributed by atoms with Gasteiger partial charge in [0.2, 0.25) is 0 Å². The number of morpholine rings is 1. The first-order valence-electron chi connectivity index (χ1n) is 5.42. The minimum Gasteiger partial charge on any atom is -0.396 e. The van der Waals surface area contributed by atoms with Gasteiger partial charge in [-0.25, -0.2) is 0 Å². The second kappa shape index (κ2) is 5.14. The molecule has 15 heavy (non-hydrogen) atoms. The number of benzene rings is 1. The SMILES string of the molecule is OCCC1COCCN1c1ccccc1. The first-order valence-corrected chi connectivity index (χ1v) is 5.42. The van der Waals surface area contributed by atoms with Crippen LogP contribution in [0.25, 0.3) is 0 Å². The van der Waals surface area contributed by atoms with Crippen LogP contribution >= 0.6 is 0 Å². The van der Waals surface area contributed by atoms with Gasteiger partial charge in [-0.15, -0.1) is 0 Å². The molecule has 1 aliphatic rings. The van der Waals surface area contributed by atoms with Crippen LogP contribution in [0.4, 0.5) is 5.69 Å². The Morgan fingerprint density at radius 1 is 1.33 bits per heavy atom. The average molecular weight is 207 g/mol. The lowest BCUT2D eigenvalue weighted by Gasteiger charge is -2.37. The first-order chi connectivity index (χ1) is 7.42. The number of hydrogen-bond acceptors (Lipinski definition) is 3. The van der Waals surface area contributed by atoms with Crippen LogP contribution < -0.4 is 4.90 Å². The summed E-state index contributed by atoms with van der Waals surface area (Å²) in [7, 11) is 0. The molecule has 3 heteroatoms. The highest BCUT2D eigenvalue weighted by molar-refractivity contribution is 5.47. The van der Waals surface area contributed by atoms with Gasteiger partial charge in [-0.3, -0.25) is 0 Å². The predicted octanol–water partition coefficient (Wildman–Crippen LogP) is 1.27. The van der Waals surface area contributed by atoms with E-state index in [4.69, 9.17) is 9.84 Å². The molecule has 0 saturated carbocycles. The second-order valence-corrected chi connectivity index (χ2v) is 3.77. The molecule has 0 radical (unpaired) electrons. The number of nitrogens with zero attached hydrogens (tertiary/aromatic N) is 1. The van der Waals surface area contributed by atoms with Crippen LogP contribution in [0.3, 0.4) is 0 Å². The molecule has 0 aliphatic carbocycles. The van der Waals surface area contributed by atoms with Crippen molar-refractivity contribution in [2.75, 3.05) is 31.3 Å². The molecule has 82 valence electrons. The Kier molecular flexibility index (Phi) is 3.59. The van der Waals surface area contributed by atoms with E-state index in [0.29, 0.717) is 6.04 Å². The van der Waals surface area contributed by atoms with Crippen LogP contribution in [0.1, 0.15) is 6.42 Å². The van der Waals surface area contributed by atoms with Gasteiger partial charge in [0.1, 0.15) is 0 Å². The maximum absolute atomic E-state index is 9.00. The Bertz CT molecular complexity index is 287. The van der Waals surface area contributed by atoms with Gasteiger partial charge in [0.15, 0.2) is 0 Å². The third-order valence-corrected chi connectivity index (χ3v) is 2.78. The number of aliphatic hydroxyl groups is 1. The molecule has 1 fully saturated rings. The summed E-state index contributed by atoms with van der Waals surface area (Å²) < 4.78 is 5.43. The van der Waals surface area contributed by atoms with E-state index in [1.54, 1.807) is 0 Å². The molecule has 1 atom stereocenters. The number of anilines is 1. The van der Waals surface area contributed by atoms with Crippen LogP contribution in [0.2, 0.25) is 0 Å². The Hall–Kier alpha value is -1.06. The van der Waals surface area contributed by atoms with Crippen molar-refractivity contribution in [3.63, 3.8) is 0 Å². The Morgan fingerprint density at radius 3 is 2.87 bits per heavy atom. The van der Waals surface area contributed by atoms with Crippen molar-refractivity contribution in [3.05, 3.63) is 30.3 Å². The molecule has 0 aromatic heterocycles. The lowest BCUT2D eigenvalue weighted by atomic mass is 10.1. The molecule has 1 unspecified atom stereocenters. The Morgan fingerprint density at radius 2 is 2.13 bits per heavy atom. The van der Waals surface area contributed by atoms with Gasteiger partial charge < -0.3 is 14.7 Å². The monoisotopic (exact) mass is 207 g/mol. The molecular weight excluding hydrogens is 190 g/mol. The van der Waals surface area contributed by atoms with E-state index >= 15 is 0 Å². The van der Waals surface area contributed by atoms with Crippen molar-refractivity contribution in [3.8, 4) is 0 Å². The molecule has 1 heterocycles. The van der Waals surface area contributed by atoms with E-state index in [9.17, 15) is 0 Å². The highest BCUT2D eigenvalue weighted by Gasteiger charge is 2.22. The van der Waals surface area contributed by atoms with Crippen LogP contribution in [0.5, 0.6) is 0 Å². The fraction of sp³-hybridized carbons (Fsp3) is 0.500. The average Bonchev–Trinajstić information content (AvgIpc) is 2.31. The lowest BCUT2D eigenvalue weighted by Crippen LogP contribution is -2.46. The van der Waals surface area contributed by atoms with Crippen LogP contribution in [-0.4, -0.2) is 37.5 Å². The molecule has 0 bridgehead atoms. The summed E-state index contributed by atoms with van der Waals surface area (Å²) in [6.07, 6.45) is 0.773. The maximum Gasteiger partial charge on any atom is 0.0671 e. The van der Waals surface area contributed by atoms with E-state index in [1.807, 2.05) is 18.2 Å². The highest BCUT2D eigenvalue weighted by atomic mass is 16.5. The quantitative estimate of drug-likeness (QED) is 0.810. The zero-order valence-electron chi connectivity index (χ0n) is 8.80. The van der Waals surface area contributed by atoms with Crippen molar-refractivity contribution in [1.82, 2.24) is 0 Å². The highest BCUT2D eigenvalue weighted by Crippen LogP contribution is 2.20. The molecule has 1 aromatic carbocycles. The molecule has 0 spiro atoms. The third-order valence-electron chi connectivity index (χ3n) is 2.78. The van der Waals surface area contributed by atoms with Gasteiger partial charge in [-0.1, -0.05) is 18.2 Å². The van der Waals surface area contributed by atoms with Gasteiger partial charge in [0.05, 0.1) is 19.3 Å². The van der Waals surface area contributed by atoms with Crippen molar-refractivity contribution in [1.29, 1.82) is 0 Å². The van der Waals surface area contributed by atoms with Crippen molar-refractivity contribution < 1.29 is 9.84 Å². The molecule has 2 rings (SSSR count). The van der Waals surface area contributed by atoms with Crippen LogP contribution in [0.15, 0.2) is 30.3 Å². The maximum atomic E-state index is 9.00. The van der Waals surface area contributed by atoms with E-state index in [-0.39, 0.29) is 6.61 Å². The molecule has 0 amide bonds. The molecule has 1 N–H and O–H groups in total. The molecule has 1 aliphatic heterocycles. The van der Waals surface area contributed by atoms with Gasteiger partial charge in [-0.2, -0.15) is 0 Å². The van der Waals surface area contributed by atoms with Crippen LogP contribution in [0, 0.1) is 0 Å².